The predicted molar refractivity (Wildman–Crippen MR) is 105 cm³/mol. The Labute approximate surface area is 153 Å². The number of nitrogens with zero attached hydrogens (tertiary/aromatic N) is 1. The molecule has 0 spiro atoms. The van der Waals surface area contributed by atoms with Gasteiger partial charge in [0.25, 0.3) is 5.91 Å². The quantitative estimate of drug-likeness (QED) is 0.835. The average Bonchev–Trinajstić information content (AvgIpc) is 2.92. The van der Waals surface area contributed by atoms with Gasteiger partial charge in [-0.15, -0.1) is 11.3 Å². The molecule has 0 fully saturated rings. The number of carbonyl (C=O) groups excluding carboxylic acids is 2. The lowest BCUT2D eigenvalue weighted by Crippen LogP contribution is -2.34. The Morgan fingerprint density at radius 2 is 1.92 bits per heavy atom. The maximum absolute atomic E-state index is 12.6. The summed E-state index contributed by atoms with van der Waals surface area (Å²) in [6.45, 7) is 8.19. The van der Waals surface area contributed by atoms with Crippen LogP contribution < -0.4 is 5.32 Å². The monoisotopic (exact) mass is 358 g/mol. The number of carbonyl (C=O) groups is 2. The van der Waals surface area contributed by atoms with E-state index < -0.39 is 0 Å². The fourth-order valence-corrected chi connectivity index (χ4v) is 3.76. The van der Waals surface area contributed by atoms with Crippen LogP contribution in [0.2, 0.25) is 0 Å². The summed E-state index contributed by atoms with van der Waals surface area (Å²) < 4.78 is 0. The molecule has 0 radical (unpaired) electrons. The maximum atomic E-state index is 12.6. The van der Waals surface area contributed by atoms with E-state index in [2.05, 4.69) is 12.2 Å². The zero-order chi connectivity index (χ0) is 18.6. The van der Waals surface area contributed by atoms with Crippen molar-refractivity contribution < 1.29 is 9.59 Å². The van der Waals surface area contributed by atoms with Crippen molar-refractivity contribution in [3.8, 4) is 0 Å². The first kappa shape index (κ1) is 19.2. The number of hydrogen-bond donors (Lipinski definition) is 1. The smallest absolute Gasteiger partial charge is 0.264 e. The van der Waals surface area contributed by atoms with Crippen LogP contribution in [-0.4, -0.2) is 30.3 Å². The van der Waals surface area contributed by atoms with Crippen LogP contribution >= 0.6 is 11.3 Å². The molecule has 1 N–H and O–H groups in total. The van der Waals surface area contributed by atoms with Gasteiger partial charge in [0.1, 0.15) is 0 Å². The second kappa shape index (κ2) is 8.30. The number of aryl methyl sites for hydroxylation is 3. The molecule has 0 aliphatic rings. The third-order valence-corrected chi connectivity index (χ3v) is 5.44. The fourth-order valence-electron chi connectivity index (χ4n) is 2.69. The first-order chi connectivity index (χ1) is 11.8. The molecule has 1 aromatic carbocycles. The summed E-state index contributed by atoms with van der Waals surface area (Å²) in [4.78, 5) is 28.2. The van der Waals surface area contributed by atoms with E-state index in [1.54, 1.807) is 7.05 Å². The van der Waals surface area contributed by atoms with Crippen LogP contribution in [0, 0.1) is 20.8 Å². The summed E-state index contributed by atoms with van der Waals surface area (Å²) in [5, 5.41) is 2.90. The summed E-state index contributed by atoms with van der Waals surface area (Å²) in [5.74, 6) is -0.293. The van der Waals surface area contributed by atoms with Crippen LogP contribution in [0.4, 0.5) is 5.69 Å². The van der Waals surface area contributed by atoms with Gasteiger partial charge < -0.3 is 10.2 Å². The Balaban J connectivity index is 2.02. The lowest BCUT2D eigenvalue weighted by Gasteiger charge is -2.17. The Morgan fingerprint density at radius 3 is 2.60 bits per heavy atom. The second-order valence-corrected chi connectivity index (χ2v) is 7.66. The molecule has 0 atom stereocenters. The molecule has 0 saturated carbocycles. The normalized spacial score (nSPS) is 10.6. The number of rotatable bonds is 6. The second-order valence-electron chi connectivity index (χ2n) is 6.40. The van der Waals surface area contributed by atoms with E-state index in [-0.39, 0.29) is 18.4 Å². The zero-order valence-corrected chi connectivity index (χ0v) is 16.4. The van der Waals surface area contributed by atoms with E-state index in [1.807, 2.05) is 45.0 Å². The summed E-state index contributed by atoms with van der Waals surface area (Å²) in [5.41, 5.74) is 4.19. The van der Waals surface area contributed by atoms with Crippen LogP contribution in [0.1, 0.15) is 44.6 Å². The van der Waals surface area contributed by atoms with Gasteiger partial charge in [0.15, 0.2) is 0 Å². The molecule has 2 amide bonds. The largest absolute Gasteiger partial charge is 0.332 e. The molecule has 5 heteroatoms. The first-order valence-corrected chi connectivity index (χ1v) is 9.36. The van der Waals surface area contributed by atoms with E-state index in [9.17, 15) is 9.59 Å². The molecule has 2 aromatic rings. The van der Waals surface area contributed by atoms with E-state index in [4.69, 9.17) is 0 Å². The SMILES string of the molecule is CCCc1cc(C(=O)N(C)CC(=O)Nc2cccc(C)c2C)sc1C. The number of thiophene rings is 1. The maximum Gasteiger partial charge on any atom is 0.264 e. The Kier molecular flexibility index (Phi) is 6.37. The Morgan fingerprint density at radius 1 is 1.20 bits per heavy atom. The predicted octanol–water partition coefficient (Wildman–Crippen LogP) is 4.34. The summed E-state index contributed by atoms with van der Waals surface area (Å²) in [6, 6.07) is 7.76. The lowest BCUT2D eigenvalue weighted by atomic mass is 10.1. The highest BCUT2D eigenvalue weighted by atomic mass is 32.1. The molecule has 0 saturated heterocycles. The molecular weight excluding hydrogens is 332 g/mol. The van der Waals surface area contributed by atoms with Crippen molar-refractivity contribution in [1.29, 1.82) is 0 Å². The van der Waals surface area contributed by atoms with Gasteiger partial charge in [-0.05, 0) is 56.0 Å². The van der Waals surface area contributed by atoms with Crippen LogP contribution in [0.25, 0.3) is 0 Å². The fraction of sp³-hybridized carbons (Fsp3) is 0.400. The van der Waals surface area contributed by atoms with Gasteiger partial charge in [-0.2, -0.15) is 0 Å². The van der Waals surface area contributed by atoms with Gasteiger partial charge in [-0.3, -0.25) is 9.59 Å². The molecule has 0 aliphatic heterocycles. The highest BCUT2D eigenvalue weighted by Crippen LogP contribution is 2.24. The van der Waals surface area contributed by atoms with Crippen LogP contribution in [0.5, 0.6) is 0 Å². The van der Waals surface area contributed by atoms with Crippen LogP contribution in [0.3, 0.4) is 0 Å². The minimum atomic E-state index is -0.188. The molecule has 0 unspecified atom stereocenters. The molecule has 25 heavy (non-hydrogen) atoms. The topological polar surface area (TPSA) is 49.4 Å². The van der Waals surface area contributed by atoms with Crippen molar-refractivity contribution in [2.75, 3.05) is 18.9 Å². The molecule has 1 heterocycles. The molecule has 0 aliphatic carbocycles. The van der Waals surface area contributed by atoms with Crippen molar-refractivity contribution >= 4 is 28.8 Å². The molecule has 1 aromatic heterocycles. The van der Waals surface area contributed by atoms with E-state index >= 15 is 0 Å². The van der Waals surface area contributed by atoms with E-state index in [0.717, 1.165) is 29.7 Å². The molecule has 2 rings (SSSR count). The van der Waals surface area contributed by atoms with Crippen molar-refractivity contribution in [2.45, 2.75) is 40.5 Å². The number of nitrogens with one attached hydrogen (secondary N) is 1. The molecular formula is C20H26N2O2S. The number of benzene rings is 1. The van der Waals surface area contributed by atoms with Crippen LogP contribution in [0.15, 0.2) is 24.3 Å². The van der Waals surface area contributed by atoms with Crippen molar-refractivity contribution in [1.82, 2.24) is 4.90 Å². The van der Waals surface area contributed by atoms with Gasteiger partial charge in [0, 0.05) is 17.6 Å². The zero-order valence-electron chi connectivity index (χ0n) is 15.6. The Hall–Kier alpha value is -2.14. The van der Waals surface area contributed by atoms with E-state index in [0.29, 0.717) is 4.88 Å². The van der Waals surface area contributed by atoms with Gasteiger partial charge in [0.2, 0.25) is 5.91 Å². The molecule has 0 bridgehead atoms. The summed E-state index contributed by atoms with van der Waals surface area (Å²) in [6.07, 6.45) is 2.03. The van der Waals surface area contributed by atoms with Gasteiger partial charge in [-0.1, -0.05) is 25.5 Å². The highest BCUT2D eigenvalue weighted by molar-refractivity contribution is 7.14. The lowest BCUT2D eigenvalue weighted by molar-refractivity contribution is -0.116. The minimum absolute atomic E-state index is 0.0340. The number of anilines is 1. The molecule has 4 nitrogen and oxygen atoms in total. The number of likely N-dealkylation sites (N-methyl/N-ethyl adjacent to an activating group) is 1. The third kappa shape index (κ3) is 4.69. The standard InChI is InChI=1S/C20H26N2O2S/c1-6-8-16-11-18(25-15(16)4)20(24)22(5)12-19(23)21-17-10-7-9-13(2)14(17)3/h7,9-11H,6,8,12H2,1-5H3,(H,21,23). The minimum Gasteiger partial charge on any atom is -0.332 e. The van der Waals surface area contributed by atoms with E-state index in [1.165, 1.54) is 26.7 Å². The number of hydrogen-bond acceptors (Lipinski definition) is 3. The van der Waals surface area contributed by atoms with Crippen molar-refractivity contribution in [2.24, 2.45) is 0 Å². The number of amides is 2. The Bertz CT molecular complexity index is 780. The van der Waals surface area contributed by atoms with Gasteiger partial charge in [-0.25, -0.2) is 0 Å². The highest BCUT2D eigenvalue weighted by Gasteiger charge is 2.18. The third-order valence-electron chi connectivity index (χ3n) is 4.36. The van der Waals surface area contributed by atoms with Crippen LogP contribution in [-0.2, 0) is 11.2 Å². The van der Waals surface area contributed by atoms with Crippen molar-refractivity contribution in [3.63, 3.8) is 0 Å². The average molecular weight is 359 g/mol. The van der Waals surface area contributed by atoms with Crippen molar-refractivity contribution in [3.05, 3.63) is 50.7 Å². The van der Waals surface area contributed by atoms with Gasteiger partial charge >= 0.3 is 0 Å². The van der Waals surface area contributed by atoms with Gasteiger partial charge in [0.05, 0.1) is 11.4 Å². The summed E-state index contributed by atoms with van der Waals surface area (Å²) >= 11 is 1.50. The molecule has 134 valence electrons. The summed E-state index contributed by atoms with van der Waals surface area (Å²) in [7, 11) is 1.67. The first-order valence-electron chi connectivity index (χ1n) is 8.54.